The Bertz CT molecular complexity index is 200. The van der Waals surface area contributed by atoms with Crippen LogP contribution in [-0.2, 0) is 4.79 Å². The van der Waals surface area contributed by atoms with Gasteiger partial charge in [-0.1, -0.05) is 6.42 Å². The summed E-state index contributed by atoms with van der Waals surface area (Å²) in [6, 6.07) is 0. The Labute approximate surface area is 66.6 Å². The van der Waals surface area contributed by atoms with E-state index in [1.807, 2.05) is 6.92 Å². The van der Waals surface area contributed by atoms with Crippen LogP contribution in [0.3, 0.4) is 0 Å². The fourth-order valence-electron chi connectivity index (χ4n) is 2.87. The Balaban J connectivity index is 2.23. The number of hydrogen-bond donors (Lipinski definition) is 1. The van der Waals surface area contributed by atoms with Crippen molar-refractivity contribution in [2.75, 3.05) is 0 Å². The van der Waals surface area contributed by atoms with Gasteiger partial charge in [0.1, 0.15) is 0 Å². The molecule has 0 aliphatic heterocycles. The highest BCUT2D eigenvalue weighted by molar-refractivity contribution is 5.75. The van der Waals surface area contributed by atoms with E-state index in [1.54, 1.807) is 0 Å². The molecule has 0 aromatic heterocycles. The second-order valence-electron chi connectivity index (χ2n) is 4.30. The molecule has 1 N–H and O–H groups in total. The van der Waals surface area contributed by atoms with Crippen LogP contribution in [0.15, 0.2) is 0 Å². The number of carboxylic acid groups (broad SMARTS) is 1. The van der Waals surface area contributed by atoms with Crippen LogP contribution >= 0.6 is 0 Å². The van der Waals surface area contributed by atoms with Crippen molar-refractivity contribution in [2.24, 2.45) is 17.3 Å². The highest BCUT2D eigenvalue weighted by Crippen LogP contribution is 2.55. The molecular weight excluding hydrogens is 140 g/mol. The van der Waals surface area contributed by atoms with Crippen molar-refractivity contribution < 1.29 is 9.90 Å². The van der Waals surface area contributed by atoms with Gasteiger partial charge in [0.25, 0.3) is 0 Å². The van der Waals surface area contributed by atoms with E-state index in [-0.39, 0.29) is 5.41 Å². The zero-order chi connectivity index (χ0) is 8.06. The smallest absolute Gasteiger partial charge is 0.309 e. The van der Waals surface area contributed by atoms with Gasteiger partial charge in [-0.2, -0.15) is 0 Å². The average molecular weight is 154 g/mol. The van der Waals surface area contributed by atoms with Gasteiger partial charge in [-0.3, -0.25) is 4.79 Å². The molecule has 2 aliphatic rings. The van der Waals surface area contributed by atoms with E-state index in [0.29, 0.717) is 5.92 Å². The van der Waals surface area contributed by atoms with Crippen LogP contribution in [0.1, 0.15) is 32.6 Å². The number of aliphatic carboxylic acids is 1. The normalized spacial score (nSPS) is 48.1. The molecule has 2 nitrogen and oxygen atoms in total. The molecule has 2 bridgehead atoms. The Morgan fingerprint density at radius 2 is 2.27 bits per heavy atom. The van der Waals surface area contributed by atoms with Crippen molar-refractivity contribution in [1.82, 2.24) is 0 Å². The average Bonchev–Trinajstić information content (AvgIpc) is 2.45. The predicted octanol–water partition coefficient (Wildman–Crippen LogP) is 1.90. The third-order valence-corrected chi connectivity index (χ3v) is 3.64. The number of rotatable bonds is 1. The molecule has 62 valence electrons. The lowest BCUT2D eigenvalue weighted by Crippen LogP contribution is -2.32. The molecule has 2 aliphatic carbocycles. The minimum absolute atomic E-state index is 0.372. The summed E-state index contributed by atoms with van der Waals surface area (Å²) in [6.07, 6.45) is 4.51. The van der Waals surface area contributed by atoms with Crippen molar-refractivity contribution in [2.45, 2.75) is 32.6 Å². The van der Waals surface area contributed by atoms with Crippen LogP contribution in [-0.4, -0.2) is 11.1 Å². The molecule has 0 amide bonds. The first-order chi connectivity index (χ1) is 5.13. The predicted molar refractivity (Wildman–Crippen MR) is 41.2 cm³/mol. The van der Waals surface area contributed by atoms with Crippen molar-refractivity contribution in [3.8, 4) is 0 Å². The summed E-state index contributed by atoms with van der Waals surface area (Å²) in [5.41, 5.74) is -0.372. The lowest BCUT2D eigenvalue weighted by atomic mass is 9.75. The maximum absolute atomic E-state index is 10.9. The van der Waals surface area contributed by atoms with Gasteiger partial charge >= 0.3 is 5.97 Å². The molecule has 0 aromatic carbocycles. The first kappa shape index (κ1) is 7.14. The number of carbonyl (C=O) groups is 1. The summed E-state index contributed by atoms with van der Waals surface area (Å²) >= 11 is 0. The molecule has 2 fully saturated rings. The fourth-order valence-corrected chi connectivity index (χ4v) is 2.87. The van der Waals surface area contributed by atoms with E-state index in [4.69, 9.17) is 5.11 Å². The summed E-state index contributed by atoms with van der Waals surface area (Å²) < 4.78 is 0. The third kappa shape index (κ3) is 0.815. The number of carboxylic acids is 1. The molecule has 3 atom stereocenters. The van der Waals surface area contributed by atoms with E-state index in [9.17, 15) is 4.79 Å². The fraction of sp³-hybridized carbons (Fsp3) is 0.889. The zero-order valence-corrected chi connectivity index (χ0v) is 6.84. The first-order valence-corrected chi connectivity index (χ1v) is 4.36. The second kappa shape index (κ2) is 1.99. The van der Waals surface area contributed by atoms with Crippen molar-refractivity contribution >= 4 is 5.97 Å². The Morgan fingerprint density at radius 3 is 2.55 bits per heavy atom. The van der Waals surface area contributed by atoms with Gasteiger partial charge in [0, 0.05) is 0 Å². The number of hydrogen-bond acceptors (Lipinski definition) is 1. The van der Waals surface area contributed by atoms with Crippen molar-refractivity contribution in [3.63, 3.8) is 0 Å². The molecule has 11 heavy (non-hydrogen) atoms. The van der Waals surface area contributed by atoms with Gasteiger partial charge in [-0.25, -0.2) is 0 Å². The zero-order valence-electron chi connectivity index (χ0n) is 6.84. The molecule has 2 saturated carbocycles. The summed E-state index contributed by atoms with van der Waals surface area (Å²) in [4.78, 5) is 10.9. The van der Waals surface area contributed by atoms with Crippen LogP contribution in [0.4, 0.5) is 0 Å². The highest BCUT2D eigenvalue weighted by Gasteiger charge is 2.52. The summed E-state index contributed by atoms with van der Waals surface area (Å²) in [7, 11) is 0. The molecule has 0 heterocycles. The Morgan fingerprint density at radius 1 is 1.55 bits per heavy atom. The molecule has 2 heteroatoms. The van der Waals surface area contributed by atoms with Crippen LogP contribution in [0.2, 0.25) is 0 Å². The first-order valence-electron chi connectivity index (χ1n) is 4.36. The highest BCUT2D eigenvalue weighted by atomic mass is 16.4. The van der Waals surface area contributed by atoms with Crippen molar-refractivity contribution in [3.05, 3.63) is 0 Å². The van der Waals surface area contributed by atoms with Crippen LogP contribution in [0.5, 0.6) is 0 Å². The Kier molecular flexibility index (Phi) is 1.29. The van der Waals surface area contributed by atoms with E-state index >= 15 is 0 Å². The van der Waals surface area contributed by atoms with Gasteiger partial charge in [0.05, 0.1) is 5.41 Å². The van der Waals surface area contributed by atoms with Crippen LogP contribution < -0.4 is 0 Å². The van der Waals surface area contributed by atoms with Gasteiger partial charge in [0.15, 0.2) is 0 Å². The maximum Gasteiger partial charge on any atom is 0.309 e. The monoisotopic (exact) mass is 154 g/mol. The molecule has 2 rings (SSSR count). The van der Waals surface area contributed by atoms with Gasteiger partial charge < -0.3 is 5.11 Å². The van der Waals surface area contributed by atoms with Crippen LogP contribution in [0.25, 0.3) is 0 Å². The van der Waals surface area contributed by atoms with Gasteiger partial charge in [-0.05, 0) is 38.0 Å². The van der Waals surface area contributed by atoms with Crippen molar-refractivity contribution in [1.29, 1.82) is 0 Å². The van der Waals surface area contributed by atoms with E-state index < -0.39 is 5.97 Å². The molecular formula is C9H14O2. The molecule has 0 radical (unpaired) electrons. The van der Waals surface area contributed by atoms with Gasteiger partial charge in [0.2, 0.25) is 0 Å². The number of fused-ring (bicyclic) bond motifs is 2. The summed E-state index contributed by atoms with van der Waals surface area (Å²) in [5.74, 6) is 0.621. The standard InChI is InChI=1S/C9H14O2/c1-9(8(10)11)5-6-2-3-7(9)4-6/h6-7H,2-5H2,1H3,(H,10,11)/t6-,7+,9+/m0/s1. The van der Waals surface area contributed by atoms with Crippen LogP contribution in [0, 0.1) is 17.3 Å². The maximum atomic E-state index is 10.9. The summed E-state index contributed by atoms with van der Waals surface area (Å²) in [5, 5.41) is 8.99. The third-order valence-electron chi connectivity index (χ3n) is 3.64. The Hall–Kier alpha value is -0.530. The molecule has 0 spiro atoms. The van der Waals surface area contributed by atoms with Gasteiger partial charge in [-0.15, -0.1) is 0 Å². The largest absolute Gasteiger partial charge is 0.481 e. The SMILES string of the molecule is C[C@@]1(C(=O)O)C[C@H]2CC[C@@H]1C2. The topological polar surface area (TPSA) is 37.3 Å². The molecule has 0 aromatic rings. The molecule has 0 unspecified atom stereocenters. The quantitative estimate of drug-likeness (QED) is 0.626. The lowest BCUT2D eigenvalue weighted by molar-refractivity contribution is -0.151. The van der Waals surface area contributed by atoms with E-state index in [2.05, 4.69) is 0 Å². The second-order valence-corrected chi connectivity index (χ2v) is 4.30. The van der Waals surface area contributed by atoms with E-state index in [1.165, 1.54) is 12.8 Å². The minimum atomic E-state index is -0.579. The van der Waals surface area contributed by atoms with E-state index in [0.717, 1.165) is 18.8 Å². The lowest BCUT2D eigenvalue weighted by Gasteiger charge is -2.28. The minimum Gasteiger partial charge on any atom is -0.481 e. The molecule has 0 saturated heterocycles. The summed E-state index contributed by atoms with van der Waals surface area (Å²) in [6.45, 7) is 1.92.